The van der Waals surface area contributed by atoms with Crippen molar-refractivity contribution < 1.29 is 22.2 Å². The number of fused-ring (bicyclic) bond motifs is 6. The highest BCUT2D eigenvalue weighted by molar-refractivity contribution is 6.21. The van der Waals surface area contributed by atoms with Gasteiger partial charge in [-0.2, -0.15) is 0 Å². The number of benzene rings is 9. The lowest BCUT2D eigenvalue weighted by atomic mass is 9.86. The van der Waals surface area contributed by atoms with E-state index >= 15 is 0 Å². The first-order valence-electron chi connectivity index (χ1n) is 22.3. The number of furan rings is 1. The first-order valence-corrected chi connectivity index (χ1v) is 15.8. The van der Waals surface area contributed by atoms with Gasteiger partial charge in [0.15, 0.2) is 0 Å². The Labute approximate surface area is 302 Å². The van der Waals surface area contributed by atoms with Crippen molar-refractivity contribution in [2.24, 2.45) is 0 Å². The summed E-state index contributed by atoms with van der Waals surface area (Å²) in [5.41, 5.74) is 4.75. The van der Waals surface area contributed by atoms with E-state index in [9.17, 15) is 2.74 Å². The molecule has 0 aliphatic carbocycles. The molecule has 0 N–H and O–H groups in total. The van der Waals surface area contributed by atoms with Gasteiger partial charge in [0.25, 0.3) is 0 Å². The minimum absolute atomic E-state index is 0.0747. The van der Waals surface area contributed by atoms with E-state index in [4.69, 9.17) is 19.5 Å². The summed E-state index contributed by atoms with van der Waals surface area (Å²) >= 11 is 0. The fraction of sp³-hybridized carbons (Fsp3) is 0. The Hall–Kier alpha value is -6.44. The van der Waals surface area contributed by atoms with E-state index in [1.165, 1.54) is 0 Å². The maximum absolute atomic E-state index is 9.21. The molecule has 10 rings (SSSR count). The molecule has 0 aliphatic rings. The van der Waals surface area contributed by atoms with Gasteiger partial charge >= 0.3 is 0 Å². The van der Waals surface area contributed by atoms with Crippen molar-refractivity contribution in [2.75, 3.05) is 0 Å². The van der Waals surface area contributed by atoms with E-state index in [0.29, 0.717) is 11.1 Å². The lowest BCUT2D eigenvalue weighted by Crippen LogP contribution is -1.90. The van der Waals surface area contributed by atoms with Gasteiger partial charge in [0, 0.05) is 10.8 Å². The minimum atomic E-state index is -0.713. The maximum Gasteiger partial charge on any atom is 0.136 e. The molecule has 1 heterocycles. The second-order valence-electron chi connectivity index (χ2n) is 11.9. The third kappa shape index (κ3) is 4.47. The Morgan fingerprint density at radius 2 is 0.959 bits per heavy atom. The van der Waals surface area contributed by atoms with E-state index in [1.54, 1.807) is 24.3 Å². The summed E-state index contributed by atoms with van der Waals surface area (Å²) in [6.07, 6.45) is 0. The lowest BCUT2D eigenvalue weighted by Gasteiger charge is -2.18. The Bertz CT molecular complexity index is 3500. The monoisotopic (exact) mass is 635 g/mol. The summed E-state index contributed by atoms with van der Waals surface area (Å²) < 4.78 is 121. The van der Waals surface area contributed by atoms with Crippen LogP contribution in [0.3, 0.4) is 0 Å². The van der Waals surface area contributed by atoms with Crippen LogP contribution in [0.1, 0.15) is 17.8 Å². The molecule has 9 aromatic carbocycles. The summed E-state index contributed by atoms with van der Waals surface area (Å²) in [5, 5.41) is 3.45. The van der Waals surface area contributed by atoms with Crippen LogP contribution in [-0.4, -0.2) is 0 Å². The van der Waals surface area contributed by atoms with Crippen LogP contribution in [0.5, 0.6) is 0 Å². The highest BCUT2D eigenvalue weighted by Crippen LogP contribution is 2.44. The fourth-order valence-electron chi connectivity index (χ4n) is 6.97. The average molecular weight is 636 g/mol. The van der Waals surface area contributed by atoms with E-state index in [-0.39, 0.29) is 32.7 Å². The van der Waals surface area contributed by atoms with Crippen molar-refractivity contribution in [1.29, 1.82) is 0 Å². The highest BCUT2D eigenvalue weighted by atomic mass is 16.3. The zero-order valence-electron chi connectivity index (χ0n) is 38.7. The molecule has 0 amide bonds. The molecule has 0 radical (unpaired) electrons. The van der Waals surface area contributed by atoms with Crippen molar-refractivity contribution >= 4 is 54.3 Å². The van der Waals surface area contributed by atoms with Crippen LogP contribution < -0.4 is 0 Å². The van der Waals surface area contributed by atoms with Crippen LogP contribution in [-0.2, 0) is 0 Å². The molecule has 0 atom stereocenters. The Morgan fingerprint density at radius 3 is 1.67 bits per heavy atom. The average Bonchev–Trinajstić information content (AvgIpc) is 3.67. The standard InChI is InChI=1S/C48H30O/c1-2-12-33(13-3-1)46-39-15-6-8-17-41(39)47(42-18-9-7-16-40(42)46)34-24-21-32(22-25-34)36-27-28-43-45(30-36)49-44-20-10-19-38(48(43)44)37-26-23-31-11-4-5-14-35(31)29-37/h1-30H/i1D,2D,3D,6D,7D,8D,9D,12D,13D,15D,16D,17D,18D. The van der Waals surface area contributed by atoms with E-state index in [2.05, 4.69) is 36.4 Å². The van der Waals surface area contributed by atoms with Gasteiger partial charge in [-0.3, -0.25) is 0 Å². The van der Waals surface area contributed by atoms with Crippen molar-refractivity contribution in [3.8, 4) is 44.5 Å². The molecular formula is C48H30O. The number of hydrogen-bond donors (Lipinski definition) is 0. The SMILES string of the molecule is [2H]c1c([2H])c([2H])c(-c2c3c([2H])c([2H])c([2H])c([2H])c3c(-c3ccc(-c4ccc5c(c4)oc4cccc(-c6ccc7ccccc7c6)c45)cc3)c3c([2H])c([2H])c([2H])c([2H])c23)c([2H])c1[2H]. The van der Waals surface area contributed by atoms with Gasteiger partial charge in [0.05, 0.1) is 17.8 Å². The van der Waals surface area contributed by atoms with Crippen LogP contribution in [0, 0.1) is 0 Å². The Balaban J connectivity index is 1.20. The second kappa shape index (κ2) is 11.1. The molecule has 0 fully saturated rings. The molecule has 1 heteroatoms. The summed E-state index contributed by atoms with van der Waals surface area (Å²) in [4.78, 5) is 0. The Kier molecular flexibility index (Phi) is 3.99. The van der Waals surface area contributed by atoms with Gasteiger partial charge < -0.3 is 4.42 Å². The predicted molar refractivity (Wildman–Crippen MR) is 208 cm³/mol. The number of hydrogen-bond acceptors (Lipinski definition) is 1. The predicted octanol–water partition coefficient (Wildman–Crippen LogP) is 13.7. The third-order valence-electron chi connectivity index (χ3n) is 9.19. The highest BCUT2D eigenvalue weighted by Gasteiger charge is 2.17. The van der Waals surface area contributed by atoms with Gasteiger partial charge in [-0.1, -0.05) is 157 Å². The molecule has 0 aliphatic heterocycles. The molecule has 10 aromatic rings. The molecule has 0 spiro atoms. The molecule has 0 saturated carbocycles. The van der Waals surface area contributed by atoms with Crippen LogP contribution >= 0.6 is 0 Å². The number of rotatable bonds is 4. The molecule has 0 unspecified atom stereocenters. The van der Waals surface area contributed by atoms with E-state index < -0.39 is 84.1 Å². The fourth-order valence-corrected chi connectivity index (χ4v) is 6.97. The van der Waals surface area contributed by atoms with Crippen molar-refractivity contribution in [2.45, 2.75) is 0 Å². The topological polar surface area (TPSA) is 13.1 Å². The van der Waals surface area contributed by atoms with Crippen LogP contribution in [0.4, 0.5) is 0 Å². The summed E-state index contributed by atoms with van der Waals surface area (Å²) in [6.45, 7) is 0. The van der Waals surface area contributed by atoms with Crippen molar-refractivity contribution in [1.82, 2.24) is 0 Å². The first-order chi connectivity index (χ1) is 29.7. The largest absolute Gasteiger partial charge is 0.456 e. The van der Waals surface area contributed by atoms with Crippen LogP contribution in [0.25, 0.3) is 98.8 Å². The van der Waals surface area contributed by atoms with Crippen molar-refractivity contribution in [3.63, 3.8) is 0 Å². The third-order valence-corrected chi connectivity index (χ3v) is 9.19. The van der Waals surface area contributed by atoms with Crippen molar-refractivity contribution in [3.05, 3.63) is 182 Å². The van der Waals surface area contributed by atoms with Gasteiger partial charge in [-0.25, -0.2) is 0 Å². The van der Waals surface area contributed by atoms with Crippen LogP contribution in [0.15, 0.2) is 186 Å². The maximum atomic E-state index is 9.21. The first kappa shape index (κ1) is 17.6. The lowest BCUT2D eigenvalue weighted by molar-refractivity contribution is 0.669. The smallest absolute Gasteiger partial charge is 0.136 e. The van der Waals surface area contributed by atoms with E-state index in [1.807, 2.05) is 42.5 Å². The van der Waals surface area contributed by atoms with Gasteiger partial charge in [0.2, 0.25) is 0 Å². The minimum Gasteiger partial charge on any atom is -0.456 e. The molecule has 49 heavy (non-hydrogen) atoms. The summed E-state index contributed by atoms with van der Waals surface area (Å²) in [7, 11) is 0. The van der Waals surface area contributed by atoms with Gasteiger partial charge in [-0.15, -0.1) is 0 Å². The summed E-state index contributed by atoms with van der Waals surface area (Å²) in [5.74, 6) is 0. The van der Waals surface area contributed by atoms with Crippen LogP contribution in [0.2, 0.25) is 0 Å². The zero-order chi connectivity index (χ0) is 43.6. The molecular weight excluding hydrogens is 593 g/mol. The zero-order valence-corrected chi connectivity index (χ0v) is 25.7. The quantitative estimate of drug-likeness (QED) is 0.175. The molecule has 228 valence electrons. The molecule has 0 saturated heterocycles. The molecule has 1 nitrogen and oxygen atoms in total. The molecule has 1 aromatic heterocycles. The molecule has 0 bridgehead atoms. The Morgan fingerprint density at radius 1 is 0.367 bits per heavy atom. The summed E-state index contributed by atoms with van der Waals surface area (Å²) in [6, 6.07) is 25.2. The second-order valence-corrected chi connectivity index (χ2v) is 11.9. The van der Waals surface area contributed by atoms with E-state index in [0.717, 1.165) is 49.4 Å². The van der Waals surface area contributed by atoms with Gasteiger partial charge in [-0.05, 0) is 101 Å². The normalized spacial score (nSPS) is 15.4. The van der Waals surface area contributed by atoms with Gasteiger partial charge in [0.1, 0.15) is 11.2 Å².